The summed E-state index contributed by atoms with van der Waals surface area (Å²) in [5.74, 6) is 0.188. The maximum atomic E-state index is 13.9. The molecule has 0 aromatic heterocycles. The Morgan fingerprint density at radius 1 is 0.879 bits per heavy atom. The van der Waals surface area contributed by atoms with Gasteiger partial charge in [-0.1, -0.05) is 30.3 Å². The average molecular weight is 455 g/mol. The van der Waals surface area contributed by atoms with Crippen LogP contribution in [-0.4, -0.2) is 91.5 Å². The summed E-state index contributed by atoms with van der Waals surface area (Å²) in [6, 6.07) is 13.7. The van der Waals surface area contributed by atoms with E-state index in [1.54, 1.807) is 12.1 Å². The van der Waals surface area contributed by atoms with Crippen LogP contribution in [0.15, 0.2) is 42.5 Å². The van der Waals surface area contributed by atoms with E-state index < -0.39 is 0 Å². The Bertz CT molecular complexity index is 938. The zero-order valence-electron chi connectivity index (χ0n) is 19.8. The summed E-state index contributed by atoms with van der Waals surface area (Å²) >= 11 is 0. The number of piperazine rings is 2. The molecule has 4 rings (SSSR count). The maximum Gasteiger partial charge on any atom is 0.236 e. The second kappa shape index (κ2) is 11.1. The zero-order valence-corrected chi connectivity index (χ0v) is 19.8. The predicted molar refractivity (Wildman–Crippen MR) is 128 cm³/mol. The smallest absolute Gasteiger partial charge is 0.236 e. The normalized spacial score (nSPS) is 18.5. The van der Waals surface area contributed by atoms with Crippen molar-refractivity contribution in [1.29, 1.82) is 0 Å². The molecular formula is C26H35FN4O2. The first-order valence-corrected chi connectivity index (χ1v) is 11.8. The van der Waals surface area contributed by atoms with Gasteiger partial charge in [-0.2, -0.15) is 0 Å². The quantitative estimate of drug-likeness (QED) is 0.643. The lowest BCUT2D eigenvalue weighted by atomic mass is 10.1. The van der Waals surface area contributed by atoms with Crippen molar-refractivity contribution < 1.29 is 13.9 Å². The summed E-state index contributed by atoms with van der Waals surface area (Å²) in [4.78, 5) is 21.9. The van der Waals surface area contributed by atoms with Crippen LogP contribution in [0.25, 0.3) is 0 Å². The molecule has 2 aromatic carbocycles. The minimum atomic E-state index is -0.321. The molecule has 0 spiro atoms. The van der Waals surface area contributed by atoms with Crippen molar-refractivity contribution in [2.75, 3.05) is 66.0 Å². The minimum Gasteiger partial charge on any atom is -0.494 e. The van der Waals surface area contributed by atoms with Crippen molar-refractivity contribution >= 4 is 5.91 Å². The number of aryl methyl sites for hydroxylation is 1. The molecular weight excluding hydrogens is 419 g/mol. The van der Waals surface area contributed by atoms with Gasteiger partial charge in [0.05, 0.1) is 13.7 Å². The lowest BCUT2D eigenvalue weighted by molar-refractivity contribution is -0.134. The number of hydrogen-bond donors (Lipinski definition) is 0. The van der Waals surface area contributed by atoms with Crippen LogP contribution in [0.5, 0.6) is 5.75 Å². The van der Waals surface area contributed by atoms with Crippen LogP contribution in [-0.2, 0) is 17.9 Å². The van der Waals surface area contributed by atoms with Gasteiger partial charge < -0.3 is 9.64 Å². The van der Waals surface area contributed by atoms with Gasteiger partial charge in [0.1, 0.15) is 0 Å². The Balaban J connectivity index is 1.17. The molecule has 2 aliphatic rings. The molecule has 2 heterocycles. The van der Waals surface area contributed by atoms with Crippen LogP contribution in [0, 0.1) is 12.7 Å². The van der Waals surface area contributed by atoms with Crippen LogP contribution in [0.4, 0.5) is 4.39 Å². The number of carbonyl (C=O) groups is 1. The van der Waals surface area contributed by atoms with Crippen LogP contribution >= 0.6 is 0 Å². The molecule has 0 saturated carbocycles. The number of hydrogen-bond acceptors (Lipinski definition) is 5. The summed E-state index contributed by atoms with van der Waals surface area (Å²) < 4.78 is 18.9. The van der Waals surface area contributed by atoms with Gasteiger partial charge in [-0.05, 0) is 35.7 Å². The highest BCUT2D eigenvalue weighted by atomic mass is 19.1. The van der Waals surface area contributed by atoms with E-state index >= 15 is 0 Å². The fourth-order valence-corrected chi connectivity index (χ4v) is 4.65. The largest absolute Gasteiger partial charge is 0.494 e. The second-order valence-electron chi connectivity index (χ2n) is 9.10. The third kappa shape index (κ3) is 6.31. The Kier molecular flexibility index (Phi) is 7.96. The zero-order chi connectivity index (χ0) is 23.2. The van der Waals surface area contributed by atoms with Crippen molar-refractivity contribution in [3.05, 3.63) is 65.0 Å². The van der Waals surface area contributed by atoms with E-state index in [0.29, 0.717) is 13.1 Å². The molecule has 0 aliphatic carbocycles. The fraction of sp³-hybridized carbons (Fsp3) is 0.500. The molecule has 0 bridgehead atoms. The lowest BCUT2D eigenvalue weighted by Gasteiger charge is -2.38. The highest BCUT2D eigenvalue weighted by Crippen LogP contribution is 2.19. The second-order valence-corrected chi connectivity index (χ2v) is 9.10. The number of amides is 1. The van der Waals surface area contributed by atoms with Crippen molar-refractivity contribution in [2.45, 2.75) is 20.0 Å². The molecule has 0 unspecified atom stereocenters. The molecule has 1 amide bonds. The maximum absolute atomic E-state index is 13.9. The third-order valence-corrected chi connectivity index (χ3v) is 6.83. The fourth-order valence-electron chi connectivity index (χ4n) is 4.65. The molecule has 33 heavy (non-hydrogen) atoms. The van der Waals surface area contributed by atoms with E-state index in [2.05, 4.69) is 45.9 Å². The number of carbonyl (C=O) groups excluding carboxylic acids is 1. The summed E-state index contributed by atoms with van der Waals surface area (Å²) in [6.07, 6.45) is 0. The predicted octanol–water partition coefficient (Wildman–Crippen LogP) is 2.60. The monoisotopic (exact) mass is 454 g/mol. The first-order valence-electron chi connectivity index (χ1n) is 11.8. The standard InChI is InChI=1S/C26H35FN4O2/c1-21-5-3-4-6-23(21)19-29-13-15-31(16-14-29)26(32)20-30-11-9-28(10-12-30)18-22-7-8-25(33-2)24(27)17-22/h3-8,17H,9-16,18-20H2,1-2H3. The highest BCUT2D eigenvalue weighted by Gasteiger charge is 2.25. The Hall–Kier alpha value is -2.48. The summed E-state index contributed by atoms with van der Waals surface area (Å²) in [7, 11) is 1.48. The van der Waals surface area contributed by atoms with Crippen LogP contribution in [0.3, 0.4) is 0 Å². The number of ether oxygens (including phenoxy) is 1. The molecule has 0 atom stereocenters. The lowest BCUT2D eigenvalue weighted by Crippen LogP contribution is -2.53. The van der Waals surface area contributed by atoms with Gasteiger partial charge in [-0.15, -0.1) is 0 Å². The molecule has 7 heteroatoms. The third-order valence-electron chi connectivity index (χ3n) is 6.83. The number of halogens is 1. The summed E-state index contributed by atoms with van der Waals surface area (Å²) in [6.45, 7) is 11.2. The Labute approximate surface area is 196 Å². The van der Waals surface area contributed by atoms with Crippen molar-refractivity contribution in [3.8, 4) is 5.75 Å². The first kappa shape index (κ1) is 23.7. The highest BCUT2D eigenvalue weighted by molar-refractivity contribution is 5.78. The van der Waals surface area contributed by atoms with Crippen LogP contribution in [0.1, 0.15) is 16.7 Å². The topological polar surface area (TPSA) is 39.3 Å². The van der Waals surface area contributed by atoms with E-state index in [1.807, 2.05) is 11.0 Å². The van der Waals surface area contributed by atoms with Crippen LogP contribution < -0.4 is 4.74 Å². The van der Waals surface area contributed by atoms with Crippen LogP contribution in [0.2, 0.25) is 0 Å². The molecule has 2 fully saturated rings. The minimum absolute atomic E-state index is 0.233. The van der Waals surface area contributed by atoms with Crippen molar-refractivity contribution in [3.63, 3.8) is 0 Å². The van der Waals surface area contributed by atoms with Gasteiger partial charge >= 0.3 is 0 Å². The van der Waals surface area contributed by atoms with Gasteiger partial charge in [0.2, 0.25) is 5.91 Å². The molecule has 6 nitrogen and oxygen atoms in total. The molecule has 178 valence electrons. The van der Waals surface area contributed by atoms with E-state index in [9.17, 15) is 9.18 Å². The van der Waals surface area contributed by atoms with Crippen molar-refractivity contribution in [2.24, 2.45) is 0 Å². The van der Waals surface area contributed by atoms with Gasteiger partial charge in [0.15, 0.2) is 11.6 Å². The number of methoxy groups -OCH3 is 1. The molecule has 2 aromatic rings. The van der Waals surface area contributed by atoms with Gasteiger partial charge in [0.25, 0.3) is 0 Å². The average Bonchev–Trinajstić information content (AvgIpc) is 2.82. The van der Waals surface area contributed by atoms with Gasteiger partial charge in [-0.3, -0.25) is 19.5 Å². The van der Waals surface area contributed by atoms with E-state index in [-0.39, 0.29) is 17.5 Å². The summed E-state index contributed by atoms with van der Waals surface area (Å²) in [5, 5.41) is 0. The Morgan fingerprint density at radius 2 is 1.52 bits per heavy atom. The Morgan fingerprint density at radius 3 is 2.18 bits per heavy atom. The van der Waals surface area contributed by atoms with Crippen molar-refractivity contribution in [1.82, 2.24) is 19.6 Å². The molecule has 0 radical (unpaired) electrons. The SMILES string of the molecule is COc1ccc(CN2CCN(CC(=O)N3CCN(Cc4ccccc4C)CC3)CC2)cc1F. The van der Waals surface area contributed by atoms with E-state index in [1.165, 1.54) is 18.2 Å². The summed E-state index contributed by atoms with van der Waals surface area (Å²) in [5.41, 5.74) is 3.64. The van der Waals surface area contributed by atoms with E-state index in [4.69, 9.17) is 4.74 Å². The number of nitrogens with zero attached hydrogens (tertiary/aromatic N) is 4. The molecule has 2 saturated heterocycles. The van der Waals surface area contributed by atoms with Gasteiger partial charge in [0, 0.05) is 65.4 Å². The molecule has 2 aliphatic heterocycles. The first-order chi connectivity index (χ1) is 16.0. The molecule has 0 N–H and O–H groups in total. The van der Waals surface area contributed by atoms with Gasteiger partial charge in [-0.25, -0.2) is 4.39 Å². The number of benzene rings is 2. The number of rotatable bonds is 7. The van der Waals surface area contributed by atoms with E-state index in [0.717, 1.165) is 64.5 Å².